The van der Waals surface area contributed by atoms with Gasteiger partial charge in [0.05, 0.1) is 18.9 Å². The van der Waals surface area contributed by atoms with Crippen molar-refractivity contribution in [2.45, 2.75) is 18.9 Å². The first kappa shape index (κ1) is 22.4. The van der Waals surface area contributed by atoms with Crippen LogP contribution in [-0.4, -0.2) is 60.3 Å². The Labute approximate surface area is 184 Å². The van der Waals surface area contributed by atoms with Crippen LogP contribution < -0.4 is 22.5 Å². The number of nitrogens with one attached hydrogen (secondary N) is 1. The van der Waals surface area contributed by atoms with E-state index in [2.05, 4.69) is 34.2 Å². The highest BCUT2D eigenvalue weighted by atomic mass is 16.5. The lowest BCUT2D eigenvalue weighted by molar-refractivity contribution is -0.152. The number of phenolic OH excluding ortho intramolecular Hbond substituents is 1. The molecule has 0 aliphatic carbocycles. The summed E-state index contributed by atoms with van der Waals surface area (Å²) >= 11 is 0. The zero-order valence-corrected chi connectivity index (χ0v) is 18.3. The Hall–Kier alpha value is -3.26. The molecule has 0 aromatic heterocycles. The first-order valence-corrected chi connectivity index (χ1v) is 10.6. The molecule has 8 heteroatoms. The lowest BCUT2D eigenvalue weighted by Crippen LogP contribution is -2.70. The second-order valence-electron chi connectivity index (χ2n) is 7.91. The van der Waals surface area contributed by atoms with Gasteiger partial charge in [0.15, 0.2) is 0 Å². The van der Waals surface area contributed by atoms with Gasteiger partial charge in [-0.25, -0.2) is 0 Å². The maximum Gasteiger partial charge on any atom is 0.124 e. The Bertz CT molecular complexity index is 897. The number of piperazine rings is 1. The van der Waals surface area contributed by atoms with Crippen molar-refractivity contribution in [1.82, 2.24) is 15.1 Å². The highest BCUT2D eigenvalue weighted by molar-refractivity contribution is 5.69. The van der Waals surface area contributed by atoms with Crippen LogP contribution in [0.5, 0.6) is 5.75 Å². The van der Waals surface area contributed by atoms with E-state index in [4.69, 9.17) is 21.9 Å². The van der Waals surface area contributed by atoms with Crippen LogP contribution in [0.15, 0.2) is 65.9 Å². The lowest BCUT2D eigenvalue weighted by atomic mass is 9.90. The van der Waals surface area contributed by atoms with Crippen molar-refractivity contribution in [3.8, 4) is 5.75 Å². The fraction of sp³-hybridized carbons (Fsp3) is 0.391. The van der Waals surface area contributed by atoms with Crippen molar-refractivity contribution in [3.63, 3.8) is 0 Å². The zero-order valence-electron chi connectivity index (χ0n) is 18.3. The Morgan fingerprint density at radius 2 is 1.97 bits per heavy atom. The molecule has 168 valence electrons. The Kier molecular flexibility index (Phi) is 7.02. The molecule has 3 rings (SSSR count). The minimum Gasteiger partial charge on any atom is -0.507 e. The van der Waals surface area contributed by atoms with E-state index < -0.39 is 0 Å². The first-order valence-electron chi connectivity index (χ1n) is 10.6. The van der Waals surface area contributed by atoms with Crippen LogP contribution in [0.4, 0.5) is 0 Å². The van der Waals surface area contributed by atoms with Crippen molar-refractivity contribution in [3.05, 3.63) is 71.5 Å². The van der Waals surface area contributed by atoms with Crippen molar-refractivity contribution in [2.24, 2.45) is 17.2 Å². The minimum absolute atomic E-state index is 0.116. The van der Waals surface area contributed by atoms with Gasteiger partial charge in [-0.15, -0.1) is 0 Å². The van der Waals surface area contributed by atoms with Gasteiger partial charge in [0.1, 0.15) is 17.1 Å². The second kappa shape index (κ2) is 9.70. The molecule has 0 unspecified atom stereocenters. The fourth-order valence-electron chi connectivity index (χ4n) is 4.12. The van der Waals surface area contributed by atoms with E-state index in [0.717, 1.165) is 19.5 Å². The number of hydrogen-bond donors (Lipinski definition) is 5. The number of benzene rings is 1. The molecule has 8 N–H and O–H groups in total. The third-order valence-corrected chi connectivity index (χ3v) is 5.68. The minimum atomic E-state index is -0.157. The summed E-state index contributed by atoms with van der Waals surface area (Å²) in [7, 11) is 1.89. The molecule has 2 fully saturated rings. The van der Waals surface area contributed by atoms with E-state index in [-0.39, 0.29) is 17.1 Å². The summed E-state index contributed by atoms with van der Waals surface area (Å²) in [5.74, 6) is 0.312. The summed E-state index contributed by atoms with van der Waals surface area (Å²) in [6.45, 7) is 5.64. The number of rotatable bonds is 7. The molecule has 2 aliphatic rings. The van der Waals surface area contributed by atoms with E-state index >= 15 is 0 Å². The second-order valence-corrected chi connectivity index (χ2v) is 7.91. The summed E-state index contributed by atoms with van der Waals surface area (Å²) in [5, 5.41) is 13.2. The van der Waals surface area contributed by atoms with Crippen LogP contribution >= 0.6 is 0 Å². The Morgan fingerprint density at radius 3 is 2.55 bits per heavy atom. The SMILES string of the molecule is CC/C=C(\C=C/NC)N1CCN(C(/C=C(\N)c2ccccc2O)=C(N)N)CC12COC2. The van der Waals surface area contributed by atoms with Gasteiger partial charge in [-0.05, 0) is 36.9 Å². The molecule has 0 bridgehead atoms. The standard InChI is InChI=1S/C23H34N6O2/c1-3-6-17(9-10-27-2)29-12-11-28(14-23(29)15-31-16-23)20(22(25)26)13-19(24)18-7-4-5-8-21(18)30/h4-10,13,27,30H,3,11-12,14-16,24-26H2,1-2H3/b10-9-,17-6+,19-13-. The number of phenols is 1. The largest absolute Gasteiger partial charge is 0.507 e. The topological polar surface area (TPSA) is 126 Å². The van der Waals surface area contributed by atoms with Crippen LogP contribution in [0.1, 0.15) is 18.9 Å². The molecule has 31 heavy (non-hydrogen) atoms. The number of nitrogens with two attached hydrogens (primary N) is 3. The van der Waals surface area contributed by atoms with Gasteiger partial charge in [-0.3, -0.25) is 0 Å². The number of para-hydroxylation sites is 1. The van der Waals surface area contributed by atoms with Crippen LogP contribution in [0.2, 0.25) is 0 Å². The smallest absolute Gasteiger partial charge is 0.124 e. The normalized spacial score (nSPS) is 18.9. The van der Waals surface area contributed by atoms with Gasteiger partial charge in [0.25, 0.3) is 0 Å². The lowest BCUT2D eigenvalue weighted by Gasteiger charge is -2.57. The molecular weight excluding hydrogens is 392 g/mol. The first-order chi connectivity index (χ1) is 14.9. The van der Waals surface area contributed by atoms with Crippen LogP contribution in [0, 0.1) is 0 Å². The van der Waals surface area contributed by atoms with E-state index in [1.807, 2.05) is 19.3 Å². The van der Waals surface area contributed by atoms with Crippen molar-refractivity contribution in [1.29, 1.82) is 0 Å². The molecule has 0 amide bonds. The molecule has 0 saturated carbocycles. The van der Waals surface area contributed by atoms with Crippen molar-refractivity contribution < 1.29 is 9.84 Å². The maximum absolute atomic E-state index is 10.1. The molecule has 2 heterocycles. The number of hydrogen-bond acceptors (Lipinski definition) is 8. The van der Waals surface area contributed by atoms with Gasteiger partial charge in [0.2, 0.25) is 0 Å². The molecule has 0 radical (unpaired) electrons. The number of nitrogens with zero attached hydrogens (tertiary/aromatic N) is 2. The molecule has 0 atom stereocenters. The van der Waals surface area contributed by atoms with E-state index in [1.165, 1.54) is 5.70 Å². The third-order valence-electron chi connectivity index (χ3n) is 5.68. The fourth-order valence-corrected chi connectivity index (χ4v) is 4.12. The molecule has 1 spiro atoms. The van der Waals surface area contributed by atoms with Crippen LogP contribution in [0.25, 0.3) is 5.70 Å². The Balaban J connectivity index is 1.88. The molecule has 1 aromatic carbocycles. The average Bonchev–Trinajstić information content (AvgIpc) is 2.73. The summed E-state index contributed by atoms with van der Waals surface area (Å²) in [6.07, 6.45) is 8.97. The molecule has 8 nitrogen and oxygen atoms in total. The summed E-state index contributed by atoms with van der Waals surface area (Å²) < 4.78 is 5.65. The van der Waals surface area contributed by atoms with Crippen molar-refractivity contribution >= 4 is 5.70 Å². The van der Waals surface area contributed by atoms with Gasteiger partial charge >= 0.3 is 0 Å². The van der Waals surface area contributed by atoms with E-state index in [0.29, 0.717) is 36.7 Å². The monoisotopic (exact) mass is 426 g/mol. The average molecular weight is 427 g/mol. The molecule has 2 saturated heterocycles. The predicted molar refractivity (Wildman–Crippen MR) is 124 cm³/mol. The highest BCUT2D eigenvalue weighted by Gasteiger charge is 2.48. The van der Waals surface area contributed by atoms with Gasteiger partial charge in [0, 0.05) is 43.6 Å². The quantitative estimate of drug-likeness (QED) is 0.412. The number of allylic oxidation sites excluding steroid dienone is 3. The zero-order chi connectivity index (χ0) is 22.4. The predicted octanol–water partition coefficient (Wildman–Crippen LogP) is 1.19. The summed E-state index contributed by atoms with van der Waals surface area (Å²) in [4.78, 5) is 4.58. The van der Waals surface area contributed by atoms with Gasteiger partial charge in [-0.2, -0.15) is 0 Å². The highest BCUT2D eigenvalue weighted by Crippen LogP contribution is 2.35. The number of ether oxygens (including phenoxy) is 1. The summed E-state index contributed by atoms with van der Waals surface area (Å²) in [5.41, 5.74) is 21.1. The molecular formula is C23H34N6O2. The molecule has 2 aliphatic heterocycles. The van der Waals surface area contributed by atoms with Crippen LogP contribution in [0.3, 0.4) is 0 Å². The van der Waals surface area contributed by atoms with E-state index in [9.17, 15) is 5.11 Å². The van der Waals surface area contributed by atoms with E-state index in [1.54, 1.807) is 24.3 Å². The third kappa shape index (κ3) is 4.74. The van der Waals surface area contributed by atoms with Gasteiger partial charge < -0.3 is 42.2 Å². The van der Waals surface area contributed by atoms with Gasteiger partial charge in [-0.1, -0.05) is 25.1 Å². The maximum atomic E-state index is 10.1. The Morgan fingerprint density at radius 1 is 1.23 bits per heavy atom. The number of aromatic hydroxyl groups is 1. The summed E-state index contributed by atoms with van der Waals surface area (Å²) in [6, 6.07) is 6.94. The van der Waals surface area contributed by atoms with Crippen LogP contribution in [-0.2, 0) is 4.74 Å². The van der Waals surface area contributed by atoms with Crippen molar-refractivity contribution in [2.75, 3.05) is 39.9 Å². The molecule has 1 aromatic rings.